The Balaban J connectivity index is 1.86. The van der Waals surface area contributed by atoms with Crippen LogP contribution < -0.4 is 19.6 Å². The molecule has 6 nitrogen and oxygen atoms in total. The molecule has 0 aliphatic heterocycles. The van der Waals surface area contributed by atoms with Gasteiger partial charge in [0.15, 0.2) is 11.5 Å². The van der Waals surface area contributed by atoms with E-state index in [1.807, 2.05) is 85.0 Å². The molecule has 6 heteroatoms. The summed E-state index contributed by atoms with van der Waals surface area (Å²) in [4.78, 5) is 12.8. The molecule has 3 aromatic carbocycles. The highest BCUT2D eigenvalue weighted by atomic mass is 16.5. The highest BCUT2D eigenvalue weighted by molar-refractivity contribution is 6.09. The van der Waals surface area contributed by atoms with Crippen molar-refractivity contribution in [2.24, 2.45) is 5.10 Å². The lowest BCUT2D eigenvalue weighted by atomic mass is 10.1. The Morgan fingerprint density at radius 1 is 0.758 bits per heavy atom. The number of hydrazone groups is 1. The van der Waals surface area contributed by atoms with Crippen molar-refractivity contribution in [3.05, 3.63) is 102 Å². The molecular formula is C27H26N2O4. The number of hydrogen-bond acceptors (Lipinski definition) is 5. The van der Waals surface area contributed by atoms with Gasteiger partial charge >= 0.3 is 0 Å². The van der Waals surface area contributed by atoms with Crippen molar-refractivity contribution in [3.63, 3.8) is 0 Å². The molecular weight excluding hydrogens is 416 g/mol. The summed E-state index contributed by atoms with van der Waals surface area (Å²) < 4.78 is 16.0. The van der Waals surface area contributed by atoms with E-state index in [9.17, 15) is 4.79 Å². The molecule has 0 atom stereocenters. The predicted octanol–water partition coefficient (Wildman–Crippen LogP) is 5.23. The van der Waals surface area contributed by atoms with Crippen LogP contribution in [0, 0.1) is 0 Å². The van der Waals surface area contributed by atoms with E-state index in [0.29, 0.717) is 28.5 Å². The van der Waals surface area contributed by atoms with Crippen LogP contribution in [0.1, 0.15) is 21.5 Å². The Morgan fingerprint density at radius 2 is 1.24 bits per heavy atom. The first kappa shape index (κ1) is 23.3. The Hall–Kier alpha value is -4.32. The molecule has 0 saturated heterocycles. The minimum atomic E-state index is -0.409. The van der Waals surface area contributed by atoms with Crippen LogP contribution >= 0.6 is 0 Å². The van der Waals surface area contributed by atoms with E-state index in [0.717, 1.165) is 11.1 Å². The SMILES string of the molecule is COc1cc(C(=O)NN=C(/C=C/c2ccccc2)/C=C/c2ccccc2)cc(OC)c1OC. The van der Waals surface area contributed by atoms with Gasteiger partial charge in [-0.2, -0.15) is 5.10 Å². The maximum atomic E-state index is 12.8. The van der Waals surface area contributed by atoms with Crippen molar-refractivity contribution in [3.8, 4) is 17.2 Å². The molecule has 0 bridgehead atoms. The molecule has 0 aromatic heterocycles. The van der Waals surface area contributed by atoms with Crippen molar-refractivity contribution < 1.29 is 19.0 Å². The van der Waals surface area contributed by atoms with Gasteiger partial charge in [-0.1, -0.05) is 72.8 Å². The summed E-state index contributed by atoms with van der Waals surface area (Å²) in [5, 5.41) is 4.31. The molecule has 0 fully saturated rings. The maximum absolute atomic E-state index is 12.8. The van der Waals surface area contributed by atoms with Crippen LogP contribution in [0.4, 0.5) is 0 Å². The number of rotatable bonds is 9. The molecule has 0 aliphatic rings. The van der Waals surface area contributed by atoms with Crippen molar-refractivity contribution >= 4 is 23.8 Å². The van der Waals surface area contributed by atoms with E-state index in [-0.39, 0.29) is 0 Å². The van der Waals surface area contributed by atoms with Crippen molar-refractivity contribution in [1.29, 1.82) is 0 Å². The largest absolute Gasteiger partial charge is 0.493 e. The summed E-state index contributed by atoms with van der Waals surface area (Å²) in [5.41, 5.74) is 5.55. The van der Waals surface area contributed by atoms with E-state index >= 15 is 0 Å². The third-order valence-electron chi connectivity index (χ3n) is 4.71. The number of allylic oxidation sites excluding steroid dienone is 2. The van der Waals surface area contributed by atoms with Crippen LogP contribution in [0.5, 0.6) is 17.2 Å². The number of ether oxygens (including phenoxy) is 3. The van der Waals surface area contributed by atoms with Crippen LogP contribution in [0.2, 0.25) is 0 Å². The summed E-state index contributed by atoms with van der Waals surface area (Å²) in [5.74, 6) is 0.781. The standard InChI is InChI=1S/C27H26N2O4/c1-31-24-18-22(19-25(32-2)26(24)33-3)27(30)29-28-23(16-14-20-10-6-4-7-11-20)17-15-21-12-8-5-9-13-21/h4-19H,1-3H3,(H,29,30)/b16-14+,17-15+. The van der Waals surface area contributed by atoms with Crippen LogP contribution in [0.3, 0.4) is 0 Å². The number of carbonyl (C=O) groups excluding carboxylic acids is 1. The lowest BCUT2D eigenvalue weighted by Crippen LogP contribution is -2.19. The van der Waals surface area contributed by atoms with E-state index in [2.05, 4.69) is 10.5 Å². The van der Waals surface area contributed by atoms with Crippen LogP contribution in [-0.4, -0.2) is 32.9 Å². The molecule has 1 N–H and O–H groups in total. The van der Waals surface area contributed by atoms with Gasteiger partial charge in [0.05, 0.1) is 27.0 Å². The van der Waals surface area contributed by atoms with E-state index in [1.54, 1.807) is 12.1 Å². The van der Waals surface area contributed by atoms with Gasteiger partial charge < -0.3 is 14.2 Å². The second kappa shape index (κ2) is 11.9. The zero-order chi connectivity index (χ0) is 23.5. The van der Waals surface area contributed by atoms with Gasteiger partial charge in [-0.25, -0.2) is 5.43 Å². The van der Waals surface area contributed by atoms with E-state index in [1.165, 1.54) is 21.3 Å². The molecule has 0 heterocycles. The number of nitrogens with zero attached hydrogens (tertiary/aromatic N) is 1. The minimum Gasteiger partial charge on any atom is -0.493 e. The summed E-state index contributed by atoms with van der Waals surface area (Å²) >= 11 is 0. The second-order valence-electron chi connectivity index (χ2n) is 6.88. The Bertz CT molecular complexity index is 1080. The minimum absolute atomic E-state index is 0.326. The van der Waals surface area contributed by atoms with E-state index < -0.39 is 5.91 Å². The van der Waals surface area contributed by atoms with Crippen molar-refractivity contribution in [2.75, 3.05) is 21.3 Å². The smallest absolute Gasteiger partial charge is 0.271 e. The van der Waals surface area contributed by atoms with Gasteiger partial charge in [-0.3, -0.25) is 4.79 Å². The topological polar surface area (TPSA) is 69.2 Å². The molecule has 1 amide bonds. The highest BCUT2D eigenvalue weighted by Gasteiger charge is 2.16. The van der Waals surface area contributed by atoms with Gasteiger partial charge in [0.2, 0.25) is 5.75 Å². The normalized spacial score (nSPS) is 10.8. The molecule has 3 rings (SSSR count). The Kier molecular flexibility index (Phi) is 8.42. The van der Waals surface area contributed by atoms with E-state index in [4.69, 9.17) is 14.2 Å². The third-order valence-corrected chi connectivity index (χ3v) is 4.71. The summed E-state index contributed by atoms with van der Waals surface area (Å²) in [6.45, 7) is 0. The first-order valence-corrected chi connectivity index (χ1v) is 10.3. The van der Waals surface area contributed by atoms with Crippen LogP contribution in [-0.2, 0) is 0 Å². The van der Waals surface area contributed by atoms with Gasteiger partial charge in [-0.05, 0) is 35.4 Å². The summed E-state index contributed by atoms with van der Waals surface area (Å²) in [7, 11) is 4.50. The quantitative estimate of drug-likeness (QED) is 0.364. The zero-order valence-corrected chi connectivity index (χ0v) is 18.8. The molecule has 0 saturated carbocycles. The first-order chi connectivity index (χ1) is 16.1. The van der Waals surface area contributed by atoms with Crippen LogP contribution in [0.25, 0.3) is 12.2 Å². The van der Waals surface area contributed by atoms with Crippen molar-refractivity contribution in [1.82, 2.24) is 5.43 Å². The number of carbonyl (C=O) groups is 1. The number of nitrogens with one attached hydrogen (secondary N) is 1. The molecule has 168 valence electrons. The average molecular weight is 443 g/mol. The third kappa shape index (κ3) is 6.58. The van der Waals surface area contributed by atoms with Crippen molar-refractivity contribution in [2.45, 2.75) is 0 Å². The fourth-order valence-corrected chi connectivity index (χ4v) is 3.01. The number of amides is 1. The number of benzene rings is 3. The molecule has 0 spiro atoms. The lowest BCUT2D eigenvalue weighted by Gasteiger charge is -2.13. The molecule has 33 heavy (non-hydrogen) atoms. The summed E-state index contributed by atoms with van der Waals surface area (Å²) in [6.07, 6.45) is 7.54. The van der Waals surface area contributed by atoms with Gasteiger partial charge in [-0.15, -0.1) is 0 Å². The summed E-state index contributed by atoms with van der Waals surface area (Å²) in [6, 6.07) is 22.9. The van der Waals surface area contributed by atoms with Gasteiger partial charge in [0.1, 0.15) is 0 Å². The average Bonchev–Trinajstić information content (AvgIpc) is 2.88. The Morgan fingerprint density at radius 3 is 1.67 bits per heavy atom. The lowest BCUT2D eigenvalue weighted by molar-refractivity contribution is 0.0954. The highest BCUT2D eigenvalue weighted by Crippen LogP contribution is 2.38. The number of hydrogen-bond donors (Lipinski definition) is 1. The fraction of sp³-hybridized carbons (Fsp3) is 0.111. The van der Waals surface area contributed by atoms with Crippen LogP contribution in [0.15, 0.2) is 90.0 Å². The molecule has 0 radical (unpaired) electrons. The molecule has 3 aromatic rings. The fourth-order valence-electron chi connectivity index (χ4n) is 3.01. The zero-order valence-electron chi connectivity index (χ0n) is 18.8. The van der Waals surface area contributed by atoms with Gasteiger partial charge in [0.25, 0.3) is 5.91 Å². The first-order valence-electron chi connectivity index (χ1n) is 10.3. The number of methoxy groups -OCH3 is 3. The molecule has 0 unspecified atom stereocenters. The maximum Gasteiger partial charge on any atom is 0.271 e. The second-order valence-corrected chi connectivity index (χ2v) is 6.88. The monoisotopic (exact) mass is 442 g/mol. The Labute approximate surface area is 193 Å². The van der Waals surface area contributed by atoms with Gasteiger partial charge in [0, 0.05) is 5.56 Å². The predicted molar refractivity (Wildman–Crippen MR) is 132 cm³/mol. The molecule has 0 aliphatic carbocycles.